The second kappa shape index (κ2) is 8.25. The Bertz CT molecular complexity index is 1350. The van der Waals surface area contributed by atoms with Crippen LogP contribution in [0.15, 0.2) is 53.4 Å². The Balaban J connectivity index is 1.36. The lowest BCUT2D eigenvalue weighted by atomic mass is 9.93. The summed E-state index contributed by atoms with van der Waals surface area (Å²) in [4.78, 5) is 17.5. The maximum absolute atomic E-state index is 13.2. The zero-order valence-electron chi connectivity index (χ0n) is 18.6. The van der Waals surface area contributed by atoms with Crippen molar-refractivity contribution in [2.45, 2.75) is 56.6 Å². The molecule has 1 aromatic carbocycles. The van der Waals surface area contributed by atoms with Crippen LogP contribution in [0, 0.1) is 0 Å². The molecular weight excluding hydrogens is 434 g/mol. The van der Waals surface area contributed by atoms with E-state index in [2.05, 4.69) is 10.3 Å². The van der Waals surface area contributed by atoms with Crippen molar-refractivity contribution >= 4 is 22.5 Å². The molecule has 34 heavy (non-hydrogen) atoms. The standard InChI is InChI=1S/C25H25N5O4/c31-18-8-6-17(7-9-18)29-14-16-12-21(19(13-20(16)28-29)25-26-10-11-34-25)27-24(32)23-3-1-2-22(30(23)33)15-4-5-15/h1-3,10-15,17-18,31H,4-9H2,(H-,27,32,33)/p+1. The van der Waals surface area contributed by atoms with Crippen LogP contribution in [0.4, 0.5) is 5.69 Å². The zero-order valence-corrected chi connectivity index (χ0v) is 18.6. The number of aromatic nitrogens is 4. The lowest BCUT2D eigenvalue weighted by molar-refractivity contribution is -0.910. The number of aliphatic hydroxyl groups excluding tert-OH is 1. The smallest absolute Gasteiger partial charge is 0.325 e. The molecule has 0 unspecified atom stereocenters. The summed E-state index contributed by atoms with van der Waals surface area (Å²) >= 11 is 0. The van der Waals surface area contributed by atoms with Crippen LogP contribution in [-0.2, 0) is 0 Å². The van der Waals surface area contributed by atoms with Gasteiger partial charge in [0.1, 0.15) is 6.26 Å². The van der Waals surface area contributed by atoms with Crippen LogP contribution in [0.25, 0.3) is 22.4 Å². The number of nitrogens with one attached hydrogen (secondary N) is 1. The molecule has 2 fully saturated rings. The summed E-state index contributed by atoms with van der Waals surface area (Å²) in [5.41, 5.74) is 2.81. The minimum absolute atomic E-state index is 0.166. The first-order chi connectivity index (χ1) is 16.6. The number of nitrogens with zero attached hydrogens (tertiary/aromatic N) is 4. The van der Waals surface area contributed by atoms with Gasteiger partial charge in [-0.2, -0.15) is 5.10 Å². The van der Waals surface area contributed by atoms with E-state index in [1.807, 2.05) is 29.1 Å². The van der Waals surface area contributed by atoms with Gasteiger partial charge in [0.25, 0.3) is 0 Å². The van der Waals surface area contributed by atoms with Gasteiger partial charge in [0.15, 0.2) is 0 Å². The first kappa shape index (κ1) is 20.9. The van der Waals surface area contributed by atoms with Crippen LogP contribution < -0.4 is 10.0 Å². The minimum Gasteiger partial charge on any atom is -0.444 e. The van der Waals surface area contributed by atoms with Gasteiger partial charge in [-0.15, -0.1) is 0 Å². The Hall–Kier alpha value is -3.72. The average molecular weight is 461 g/mol. The van der Waals surface area contributed by atoms with Crippen molar-refractivity contribution in [1.29, 1.82) is 0 Å². The van der Waals surface area contributed by atoms with Crippen LogP contribution in [0.2, 0.25) is 0 Å². The Morgan fingerprint density at radius 2 is 1.97 bits per heavy atom. The molecule has 2 aliphatic rings. The fourth-order valence-corrected chi connectivity index (χ4v) is 4.80. The molecule has 3 aromatic heterocycles. The molecule has 2 saturated carbocycles. The molecule has 4 aromatic rings. The van der Waals surface area contributed by atoms with Crippen molar-refractivity contribution in [2.24, 2.45) is 0 Å². The van der Waals surface area contributed by atoms with Crippen molar-refractivity contribution in [2.75, 3.05) is 5.32 Å². The van der Waals surface area contributed by atoms with E-state index in [0.29, 0.717) is 23.1 Å². The van der Waals surface area contributed by atoms with Gasteiger partial charge in [-0.25, -0.2) is 4.98 Å². The molecule has 0 saturated heterocycles. The number of aliphatic hydroxyl groups is 1. The molecule has 9 nitrogen and oxygen atoms in total. The summed E-state index contributed by atoms with van der Waals surface area (Å²) in [6.45, 7) is 0. The van der Waals surface area contributed by atoms with E-state index in [1.165, 1.54) is 6.26 Å². The van der Waals surface area contributed by atoms with Gasteiger partial charge in [0.05, 0.1) is 35.1 Å². The van der Waals surface area contributed by atoms with E-state index in [-0.39, 0.29) is 17.8 Å². The predicted octanol–water partition coefficient (Wildman–Crippen LogP) is 3.82. The molecule has 0 aliphatic heterocycles. The van der Waals surface area contributed by atoms with Crippen LogP contribution in [0.1, 0.15) is 66.7 Å². The van der Waals surface area contributed by atoms with Crippen molar-refractivity contribution in [1.82, 2.24) is 14.8 Å². The zero-order chi connectivity index (χ0) is 23.2. The molecule has 3 N–H and O–H groups in total. The number of oxazole rings is 1. The normalized spacial score (nSPS) is 20.5. The average Bonchev–Trinajstić information content (AvgIpc) is 3.36. The molecule has 174 valence electrons. The van der Waals surface area contributed by atoms with E-state index in [4.69, 9.17) is 9.52 Å². The highest BCUT2D eigenvalue weighted by Gasteiger charge is 2.36. The van der Waals surface area contributed by atoms with Crippen LogP contribution in [-0.4, -0.2) is 37.1 Å². The second-order valence-corrected chi connectivity index (χ2v) is 9.24. The van der Waals surface area contributed by atoms with Gasteiger partial charge < -0.3 is 14.8 Å². The molecule has 3 heterocycles. The number of hydrogen-bond donors (Lipinski definition) is 3. The topological polar surface area (TPSA) is 117 Å². The van der Waals surface area contributed by atoms with Gasteiger partial charge in [0.2, 0.25) is 11.6 Å². The third-order valence-corrected chi connectivity index (χ3v) is 6.83. The lowest BCUT2D eigenvalue weighted by Crippen LogP contribution is -2.43. The lowest BCUT2D eigenvalue weighted by Gasteiger charge is -2.25. The van der Waals surface area contributed by atoms with Crippen molar-refractivity contribution in [3.8, 4) is 11.5 Å². The monoisotopic (exact) mass is 460 g/mol. The summed E-state index contributed by atoms with van der Waals surface area (Å²) in [5, 5.41) is 29.1. The highest BCUT2D eigenvalue weighted by molar-refractivity contribution is 6.05. The van der Waals surface area contributed by atoms with Gasteiger partial charge >= 0.3 is 11.6 Å². The number of pyridine rings is 1. The molecule has 6 rings (SSSR count). The summed E-state index contributed by atoms with van der Waals surface area (Å²) in [5.74, 6) is 0.241. The van der Waals surface area contributed by atoms with Crippen molar-refractivity contribution < 1.29 is 24.3 Å². The van der Waals surface area contributed by atoms with Crippen molar-refractivity contribution in [3.05, 3.63) is 60.4 Å². The number of rotatable bonds is 5. The molecule has 0 atom stereocenters. The van der Waals surface area contributed by atoms with Gasteiger partial charge in [-0.3, -0.25) is 14.7 Å². The van der Waals surface area contributed by atoms with E-state index in [9.17, 15) is 15.1 Å². The fraction of sp³-hybridized carbons (Fsp3) is 0.360. The molecule has 1 amide bonds. The van der Waals surface area contributed by atoms with E-state index >= 15 is 0 Å². The fourth-order valence-electron chi connectivity index (χ4n) is 4.80. The first-order valence-electron chi connectivity index (χ1n) is 11.7. The summed E-state index contributed by atoms with van der Waals surface area (Å²) in [7, 11) is 0. The van der Waals surface area contributed by atoms with Gasteiger partial charge in [0, 0.05) is 34.4 Å². The number of carbonyl (C=O) groups excluding carboxylic acids is 1. The van der Waals surface area contributed by atoms with E-state index in [0.717, 1.165) is 59.9 Å². The second-order valence-electron chi connectivity index (χ2n) is 9.24. The molecule has 2 aliphatic carbocycles. The molecule has 9 heteroatoms. The Morgan fingerprint density at radius 3 is 2.71 bits per heavy atom. The highest BCUT2D eigenvalue weighted by Crippen LogP contribution is 2.38. The number of amides is 1. The van der Waals surface area contributed by atoms with E-state index in [1.54, 1.807) is 18.3 Å². The number of carbonyl (C=O) groups is 1. The number of fused-ring (bicyclic) bond motifs is 1. The summed E-state index contributed by atoms with van der Waals surface area (Å²) in [6, 6.07) is 9.19. The molecule has 0 radical (unpaired) electrons. The van der Waals surface area contributed by atoms with Crippen LogP contribution >= 0.6 is 0 Å². The Morgan fingerprint density at radius 1 is 1.15 bits per heavy atom. The minimum atomic E-state index is -0.425. The quantitative estimate of drug-likeness (QED) is 0.308. The van der Waals surface area contributed by atoms with Crippen molar-refractivity contribution in [3.63, 3.8) is 0 Å². The Kier molecular flexibility index (Phi) is 5.06. The highest BCUT2D eigenvalue weighted by atomic mass is 16.5. The predicted molar refractivity (Wildman–Crippen MR) is 122 cm³/mol. The summed E-state index contributed by atoms with van der Waals surface area (Å²) < 4.78 is 8.49. The number of anilines is 1. The van der Waals surface area contributed by atoms with Crippen LogP contribution in [0.3, 0.4) is 0 Å². The largest absolute Gasteiger partial charge is 0.444 e. The molecular formula is C25H26N5O4+. The van der Waals surface area contributed by atoms with Crippen LogP contribution in [0.5, 0.6) is 0 Å². The number of benzene rings is 1. The maximum atomic E-state index is 13.2. The molecule has 0 bridgehead atoms. The number of hydrogen-bond acceptors (Lipinski definition) is 6. The summed E-state index contributed by atoms with van der Waals surface area (Å²) in [6.07, 6.45) is 10.1. The maximum Gasteiger partial charge on any atom is 0.325 e. The third-order valence-electron chi connectivity index (χ3n) is 6.83. The Labute approximate surface area is 195 Å². The van der Waals surface area contributed by atoms with Gasteiger partial charge in [-0.05, 0) is 56.7 Å². The molecule has 0 spiro atoms. The SMILES string of the molecule is O=C(Nc1cc2cn(C3CCC(O)CC3)nc2cc1-c1ncco1)c1cccc(C2CC2)[n+]1O. The van der Waals surface area contributed by atoms with Gasteiger partial charge in [-0.1, -0.05) is 0 Å². The van der Waals surface area contributed by atoms with E-state index < -0.39 is 5.91 Å². The third kappa shape index (κ3) is 3.81. The first-order valence-corrected chi connectivity index (χ1v) is 11.7.